The zero-order chi connectivity index (χ0) is 10.6. The summed E-state index contributed by atoms with van der Waals surface area (Å²) in [5.41, 5.74) is 0. The maximum atomic E-state index is 12.7. The fourth-order valence-electron chi connectivity index (χ4n) is 0.788. The van der Waals surface area contributed by atoms with Crippen molar-refractivity contribution >= 4 is 23.2 Å². The minimum absolute atomic E-state index is 0.0266. The van der Waals surface area contributed by atoms with Gasteiger partial charge in [-0.25, -0.2) is 4.39 Å². The molecule has 14 heavy (non-hydrogen) atoms. The Hall–Kier alpha value is -0.980. The third-order valence-electron chi connectivity index (χ3n) is 1.42. The van der Waals surface area contributed by atoms with Gasteiger partial charge < -0.3 is 4.74 Å². The summed E-state index contributed by atoms with van der Waals surface area (Å²) >= 11 is 11.2. The summed E-state index contributed by atoms with van der Waals surface area (Å²) in [6, 6.07) is 5.51. The van der Waals surface area contributed by atoms with Crippen LogP contribution in [-0.2, 0) is 0 Å². The van der Waals surface area contributed by atoms with Crippen molar-refractivity contribution in [2.75, 3.05) is 6.61 Å². The van der Waals surface area contributed by atoms with Gasteiger partial charge in [0.2, 0.25) is 0 Å². The van der Waals surface area contributed by atoms with Crippen LogP contribution in [0.2, 0.25) is 5.02 Å². The molecule has 1 rings (SSSR count). The van der Waals surface area contributed by atoms with E-state index in [1.54, 1.807) is 6.07 Å². The molecule has 0 amide bonds. The van der Waals surface area contributed by atoms with E-state index >= 15 is 0 Å². The highest BCUT2D eigenvalue weighted by Gasteiger charge is 2.07. The average Bonchev–Trinajstić information content (AvgIpc) is 2.19. The highest BCUT2D eigenvalue weighted by atomic mass is 35.5. The molecule has 0 heterocycles. The third kappa shape index (κ3) is 3.06. The quantitative estimate of drug-likeness (QED) is 0.753. The number of ether oxygens (including phenoxy) is 1. The molecule has 1 aromatic rings. The summed E-state index contributed by atoms with van der Waals surface area (Å²) in [7, 11) is 0. The Morgan fingerprint density at radius 3 is 2.93 bits per heavy atom. The van der Waals surface area contributed by atoms with Gasteiger partial charge in [0.15, 0.2) is 5.38 Å². The predicted molar refractivity (Wildman–Crippen MR) is 52.2 cm³/mol. The lowest BCUT2D eigenvalue weighted by Gasteiger charge is -2.07. The van der Waals surface area contributed by atoms with Crippen molar-refractivity contribution < 1.29 is 9.13 Å². The van der Waals surface area contributed by atoms with Crippen LogP contribution in [0.1, 0.15) is 0 Å². The molecule has 0 N–H and O–H groups in total. The summed E-state index contributed by atoms with van der Waals surface area (Å²) in [5, 5.41) is 7.88. The van der Waals surface area contributed by atoms with Crippen molar-refractivity contribution in [3.8, 4) is 11.8 Å². The molecule has 74 valence electrons. The zero-order valence-electron chi connectivity index (χ0n) is 7.01. The Morgan fingerprint density at radius 1 is 1.57 bits per heavy atom. The lowest BCUT2D eigenvalue weighted by atomic mass is 10.3. The lowest BCUT2D eigenvalue weighted by Crippen LogP contribution is -2.09. The van der Waals surface area contributed by atoms with Crippen LogP contribution >= 0.6 is 23.2 Å². The molecular weight excluding hydrogens is 228 g/mol. The fourth-order valence-corrected chi connectivity index (χ4v) is 1.02. The van der Waals surface area contributed by atoms with E-state index in [2.05, 4.69) is 0 Å². The van der Waals surface area contributed by atoms with E-state index in [0.29, 0.717) is 0 Å². The van der Waals surface area contributed by atoms with Gasteiger partial charge in [-0.3, -0.25) is 0 Å². The Labute approximate surface area is 90.8 Å². The zero-order valence-corrected chi connectivity index (χ0v) is 8.52. The number of alkyl halides is 1. The molecule has 0 aromatic heterocycles. The van der Waals surface area contributed by atoms with Crippen molar-refractivity contribution in [3.05, 3.63) is 29.0 Å². The number of benzene rings is 1. The molecule has 1 aromatic carbocycles. The monoisotopic (exact) mass is 233 g/mol. The number of nitrogens with zero attached hydrogens (tertiary/aromatic N) is 1. The topological polar surface area (TPSA) is 33.0 Å². The van der Waals surface area contributed by atoms with Gasteiger partial charge >= 0.3 is 0 Å². The van der Waals surface area contributed by atoms with E-state index < -0.39 is 11.2 Å². The number of halogens is 3. The first-order chi connectivity index (χ1) is 6.63. The smallest absolute Gasteiger partial charge is 0.154 e. The molecular formula is C9H6Cl2FNO. The van der Waals surface area contributed by atoms with Gasteiger partial charge in [0, 0.05) is 6.07 Å². The van der Waals surface area contributed by atoms with Gasteiger partial charge in [-0.1, -0.05) is 11.6 Å². The Morgan fingerprint density at radius 2 is 2.29 bits per heavy atom. The van der Waals surface area contributed by atoms with Crippen LogP contribution in [0, 0.1) is 17.1 Å². The summed E-state index contributed by atoms with van der Waals surface area (Å²) < 4.78 is 17.8. The minimum Gasteiger partial charge on any atom is -0.489 e. The van der Waals surface area contributed by atoms with Gasteiger partial charge in [-0.05, 0) is 12.1 Å². The largest absolute Gasteiger partial charge is 0.489 e. The van der Waals surface area contributed by atoms with Crippen LogP contribution in [0.4, 0.5) is 4.39 Å². The molecule has 0 spiro atoms. The van der Waals surface area contributed by atoms with E-state index in [9.17, 15) is 4.39 Å². The molecule has 0 saturated carbocycles. The molecule has 0 aliphatic rings. The molecule has 0 aliphatic carbocycles. The van der Waals surface area contributed by atoms with Crippen LogP contribution in [0.3, 0.4) is 0 Å². The van der Waals surface area contributed by atoms with E-state index in [1.807, 2.05) is 0 Å². The summed E-state index contributed by atoms with van der Waals surface area (Å²) in [6.07, 6.45) is 0. The molecule has 5 heteroatoms. The van der Waals surface area contributed by atoms with Crippen LogP contribution in [0.5, 0.6) is 5.75 Å². The van der Waals surface area contributed by atoms with E-state index in [1.165, 1.54) is 12.1 Å². The molecule has 1 atom stereocenters. The van der Waals surface area contributed by atoms with E-state index in [0.717, 1.165) is 6.07 Å². The molecule has 0 fully saturated rings. The lowest BCUT2D eigenvalue weighted by molar-refractivity contribution is 0.327. The second kappa shape index (κ2) is 5.04. The Bertz CT molecular complexity index is 364. The molecule has 0 aliphatic heterocycles. The fraction of sp³-hybridized carbons (Fsp3) is 0.222. The minimum atomic E-state index is -0.769. The van der Waals surface area contributed by atoms with Crippen molar-refractivity contribution in [1.82, 2.24) is 0 Å². The maximum Gasteiger partial charge on any atom is 0.154 e. The number of rotatable bonds is 3. The first kappa shape index (κ1) is 11.1. The predicted octanol–water partition coefficient (Wildman–Crippen LogP) is 2.99. The van der Waals surface area contributed by atoms with Gasteiger partial charge in [-0.2, -0.15) is 5.26 Å². The van der Waals surface area contributed by atoms with Gasteiger partial charge in [0.05, 0.1) is 11.1 Å². The Kier molecular flexibility index (Phi) is 3.99. The van der Waals surface area contributed by atoms with Crippen LogP contribution in [0.15, 0.2) is 18.2 Å². The highest BCUT2D eigenvalue weighted by Crippen LogP contribution is 2.25. The second-order valence-corrected chi connectivity index (χ2v) is 3.42. The van der Waals surface area contributed by atoms with E-state index in [4.69, 9.17) is 33.2 Å². The summed E-state index contributed by atoms with van der Waals surface area (Å²) in [4.78, 5) is 0. The molecule has 2 nitrogen and oxygen atoms in total. The number of nitriles is 1. The molecule has 0 radical (unpaired) electrons. The Balaban J connectivity index is 2.67. The maximum absolute atomic E-state index is 12.7. The first-order valence-electron chi connectivity index (χ1n) is 3.75. The number of hydrogen-bond donors (Lipinski definition) is 0. The average molecular weight is 234 g/mol. The second-order valence-electron chi connectivity index (χ2n) is 2.48. The van der Waals surface area contributed by atoms with Crippen LogP contribution in [0.25, 0.3) is 0 Å². The van der Waals surface area contributed by atoms with Crippen LogP contribution in [-0.4, -0.2) is 12.0 Å². The first-order valence-corrected chi connectivity index (χ1v) is 4.56. The van der Waals surface area contributed by atoms with E-state index in [-0.39, 0.29) is 17.4 Å². The van der Waals surface area contributed by atoms with Gasteiger partial charge in [0.25, 0.3) is 0 Å². The van der Waals surface area contributed by atoms with Gasteiger partial charge in [-0.15, -0.1) is 11.6 Å². The third-order valence-corrected chi connectivity index (χ3v) is 1.95. The van der Waals surface area contributed by atoms with Gasteiger partial charge in [0.1, 0.15) is 18.2 Å². The van der Waals surface area contributed by atoms with Crippen molar-refractivity contribution in [1.29, 1.82) is 5.26 Å². The van der Waals surface area contributed by atoms with Crippen LogP contribution < -0.4 is 4.74 Å². The SMILES string of the molecule is N#CC(Cl)COc1cc(F)ccc1Cl. The number of hydrogen-bond acceptors (Lipinski definition) is 2. The highest BCUT2D eigenvalue weighted by molar-refractivity contribution is 6.32. The summed E-state index contributed by atoms with van der Waals surface area (Å²) in [6.45, 7) is -0.0266. The van der Waals surface area contributed by atoms with Crippen molar-refractivity contribution in [2.24, 2.45) is 0 Å². The molecule has 1 unspecified atom stereocenters. The molecule has 0 bridgehead atoms. The molecule has 0 saturated heterocycles. The standard InChI is InChI=1S/C9H6Cl2FNO/c10-6(4-13)5-14-9-3-7(12)1-2-8(9)11/h1-3,6H,5H2. The van der Waals surface area contributed by atoms with Crippen molar-refractivity contribution in [3.63, 3.8) is 0 Å². The van der Waals surface area contributed by atoms with Crippen molar-refractivity contribution in [2.45, 2.75) is 5.38 Å². The normalized spacial score (nSPS) is 11.9. The summed E-state index contributed by atoms with van der Waals surface area (Å²) in [5.74, 6) is -0.264.